The second kappa shape index (κ2) is 7.79. The normalized spacial score (nSPS) is 12.4. The summed E-state index contributed by atoms with van der Waals surface area (Å²) in [5.41, 5.74) is 2.08. The summed E-state index contributed by atoms with van der Waals surface area (Å²) in [6.07, 6.45) is 1.77. The summed E-state index contributed by atoms with van der Waals surface area (Å²) in [5.74, 6) is -0.225. The molecule has 0 saturated heterocycles. The van der Waals surface area contributed by atoms with Gasteiger partial charge in [0.25, 0.3) is 0 Å². The molecule has 0 amide bonds. The first-order valence-corrected chi connectivity index (χ1v) is 7.78. The van der Waals surface area contributed by atoms with E-state index in [2.05, 4.69) is 12.2 Å². The third-order valence-corrected chi connectivity index (χ3v) is 3.94. The van der Waals surface area contributed by atoms with Crippen molar-refractivity contribution in [1.29, 1.82) is 0 Å². The average molecular weight is 326 g/mol. The van der Waals surface area contributed by atoms with Crippen LogP contribution in [0.15, 0.2) is 42.5 Å². The molecular weight excluding hydrogens is 308 g/mol. The highest BCUT2D eigenvalue weighted by molar-refractivity contribution is 6.35. The van der Waals surface area contributed by atoms with Crippen molar-refractivity contribution < 1.29 is 4.39 Å². The van der Waals surface area contributed by atoms with Gasteiger partial charge in [-0.25, -0.2) is 4.39 Å². The van der Waals surface area contributed by atoms with E-state index in [-0.39, 0.29) is 11.9 Å². The molecule has 1 N–H and O–H groups in total. The molecule has 0 saturated carbocycles. The summed E-state index contributed by atoms with van der Waals surface area (Å²) >= 11 is 12.2. The maximum Gasteiger partial charge on any atom is 0.123 e. The van der Waals surface area contributed by atoms with Gasteiger partial charge >= 0.3 is 0 Å². The smallest absolute Gasteiger partial charge is 0.123 e. The van der Waals surface area contributed by atoms with Crippen molar-refractivity contribution in [3.8, 4) is 0 Å². The minimum atomic E-state index is -0.225. The van der Waals surface area contributed by atoms with Gasteiger partial charge in [-0.2, -0.15) is 0 Å². The summed E-state index contributed by atoms with van der Waals surface area (Å²) in [6.45, 7) is 3.01. The number of hydrogen-bond acceptors (Lipinski definition) is 1. The molecular formula is C17H18Cl2FN. The van der Waals surface area contributed by atoms with Crippen LogP contribution in [-0.2, 0) is 6.42 Å². The molecule has 2 rings (SSSR count). The number of halogens is 3. The Hall–Kier alpha value is -1.09. The van der Waals surface area contributed by atoms with E-state index in [0.717, 1.165) is 30.5 Å². The fraction of sp³-hybridized carbons (Fsp3) is 0.294. The molecule has 21 heavy (non-hydrogen) atoms. The minimum absolute atomic E-state index is 0.101. The number of rotatable bonds is 6. The Kier molecular flexibility index (Phi) is 6.04. The van der Waals surface area contributed by atoms with Crippen LogP contribution in [0.2, 0.25) is 10.0 Å². The standard InChI is InChI=1S/C17H18Cl2FN/c1-2-9-21-17(12-4-7-15(20)8-5-12)10-13-3-6-14(18)11-16(13)19/h3-8,11,17,21H,2,9-10H2,1H3. The largest absolute Gasteiger partial charge is 0.310 e. The summed E-state index contributed by atoms with van der Waals surface area (Å²) in [5, 5.41) is 4.77. The lowest BCUT2D eigenvalue weighted by molar-refractivity contribution is 0.527. The quantitative estimate of drug-likeness (QED) is 0.748. The van der Waals surface area contributed by atoms with Crippen LogP contribution in [0, 0.1) is 5.82 Å². The van der Waals surface area contributed by atoms with Crippen LogP contribution in [0.4, 0.5) is 4.39 Å². The average Bonchev–Trinajstić information content (AvgIpc) is 2.46. The highest BCUT2D eigenvalue weighted by Gasteiger charge is 2.13. The van der Waals surface area contributed by atoms with Crippen LogP contribution in [0.3, 0.4) is 0 Å². The lowest BCUT2D eigenvalue weighted by Gasteiger charge is -2.20. The zero-order valence-corrected chi connectivity index (χ0v) is 13.4. The number of benzene rings is 2. The van der Waals surface area contributed by atoms with Crippen LogP contribution in [-0.4, -0.2) is 6.54 Å². The van der Waals surface area contributed by atoms with Crippen molar-refractivity contribution in [3.63, 3.8) is 0 Å². The summed E-state index contributed by atoms with van der Waals surface area (Å²) < 4.78 is 13.1. The molecule has 0 fully saturated rings. The second-order valence-corrected chi connectivity index (χ2v) is 5.84. The zero-order chi connectivity index (χ0) is 15.2. The predicted molar refractivity (Wildman–Crippen MR) is 87.6 cm³/mol. The lowest BCUT2D eigenvalue weighted by atomic mass is 9.98. The highest BCUT2D eigenvalue weighted by atomic mass is 35.5. The molecule has 4 heteroatoms. The van der Waals surface area contributed by atoms with E-state index >= 15 is 0 Å². The van der Waals surface area contributed by atoms with Crippen LogP contribution in [0.1, 0.15) is 30.5 Å². The molecule has 0 heterocycles. The molecule has 2 aromatic rings. The number of hydrogen-bond donors (Lipinski definition) is 1. The number of nitrogens with one attached hydrogen (secondary N) is 1. The van der Waals surface area contributed by atoms with Gasteiger partial charge in [0.2, 0.25) is 0 Å². The maximum atomic E-state index is 13.1. The van der Waals surface area contributed by atoms with E-state index in [1.807, 2.05) is 24.3 Å². The van der Waals surface area contributed by atoms with Crippen molar-refractivity contribution in [3.05, 3.63) is 69.5 Å². The molecule has 0 radical (unpaired) electrons. The minimum Gasteiger partial charge on any atom is -0.310 e. The zero-order valence-electron chi connectivity index (χ0n) is 11.9. The van der Waals surface area contributed by atoms with Gasteiger partial charge < -0.3 is 5.32 Å². The Morgan fingerprint density at radius 3 is 2.43 bits per heavy atom. The molecule has 0 aromatic heterocycles. The molecule has 1 nitrogen and oxygen atoms in total. The monoisotopic (exact) mass is 325 g/mol. The van der Waals surface area contributed by atoms with Gasteiger partial charge in [0, 0.05) is 16.1 Å². The van der Waals surface area contributed by atoms with Gasteiger partial charge in [-0.15, -0.1) is 0 Å². The van der Waals surface area contributed by atoms with Gasteiger partial charge in [0.1, 0.15) is 5.82 Å². The fourth-order valence-electron chi connectivity index (χ4n) is 2.23. The van der Waals surface area contributed by atoms with Crippen LogP contribution < -0.4 is 5.32 Å². The van der Waals surface area contributed by atoms with Gasteiger partial charge in [0.15, 0.2) is 0 Å². The summed E-state index contributed by atoms with van der Waals surface area (Å²) in [7, 11) is 0. The second-order valence-electron chi connectivity index (χ2n) is 5.00. The topological polar surface area (TPSA) is 12.0 Å². The Bertz CT molecular complexity index is 584. The summed E-state index contributed by atoms with van der Waals surface area (Å²) in [6, 6.07) is 12.2. The summed E-state index contributed by atoms with van der Waals surface area (Å²) in [4.78, 5) is 0. The first-order valence-electron chi connectivity index (χ1n) is 7.03. The van der Waals surface area contributed by atoms with Crippen molar-refractivity contribution in [1.82, 2.24) is 5.32 Å². The van der Waals surface area contributed by atoms with E-state index in [9.17, 15) is 4.39 Å². The van der Waals surface area contributed by atoms with Crippen LogP contribution in [0.25, 0.3) is 0 Å². The van der Waals surface area contributed by atoms with Gasteiger partial charge in [-0.3, -0.25) is 0 Å². The van der Waals surface area contributed by atoms with Crippen molar-refractivity contribution >= 4 is 23.2 Å². The predicted octanol–water partition coefficient (Wildman–Crippen LogP) is 5.42. The molecule has 0 spiro atoms. The Morgan fingerprint density at radius 2 is 1.81 bits per heavy atom. The third kappa shape index (κ3) is 4.70. The van der Waals surface area contributed by atoms with Crippen molar-refractivity contribution in [2.45, 2.75) is 25.8 Å². The van der Waals surface area contributed by atoms with E-state index in [1.54, 1.807) is 6.07 Å². The molecule has 0 aliphatic heterocycles. The molecule has 112 valence electrons. The Morgan fingerprint density at radius 1 is 1.10 bits per heavy atom. The van der Waals surface area contributed by atoms with Crippen molar-refractivity contribution in [2.24, 2.45) is 0 Å². The molecule has 2 aromatic carbocycles. The Labute approximate surface area is 135 Å². The first kappa shape index (κ1) is 16.3. The maximum absolute atomic E-state index is 13.1. The molecule has 1 unspecified atom stereocenters. The molecule has 0 bridgehead atoms. The van der Waals surface area contributed by atoms with Gasteiger partial charge in [-0.1, -0.05) is 48.3 Å². The lowest BCUT2D eigenvalue weighted by Crippen LogP contribution is -2.24. The third-order valence-electron chi connectivity index (χ3n) is 3.35. The van der Waals surface area contributed by atoms with Crippen LogP contribution >= 0.6 is 23.2 Å². The Balaban J connectivity index is 2.21. The van der Waals surface area contributed by atoms with Crippen LogP contribution in [0.5, 0.6) is 0 Å². The van der Waals surface area contributed by atoms with E-state index in [1.165, 1.54) is 12.1 Å². The SMILES string of the molecule is CCCNC(Cc1ccc(Cl)cc1Cl)c1ccc(F)cc1. The molecule has 0 aliphatic carbocycles. The highest BCUT2D eigenvalue weighted by Crippen LogP contribution is 2.26. The van der Waals surface area contributed by atoms with Gasteiger partial charge in [0.05, 0.1) is 0 Å². The van der Waals surface area contributed by atoms with Crippen molar-refractivity contribution in [2.75, 3.05) is 6.54 Å². The van der Waals surface area contributed by atoms with E-state index in [4.69, 9.17) is 23.2 Å². The van der Waals surface area contributed by atoms with Gasteiger partial charge in [-0.05, 0) is 54.8 Å². The van der Waals surface area contributed by atoms with E-state index < -0.39 is 0 Å². The van der Waals surface area contributed by atoms with E-state index in [0.29, 0.717) is 10.0 Å². The molecule has 1 atom stereocenters. The fourth-order valence-corrected chi connectivity index (χ4v) is 2.71. The molecule has 0 aliphatic rings. The first-order chi connectivity index (χ1) is 10.1.